The van der Waals surface area contributed by atoms with Crippen LogP contribution in [0.15, 0.2) is 42.5 Å². The molecular weight excluding hydrogens is 293 g/mol. The van der Waals surface area contributed by atoms with Crippen molar-refractivity contribution in [2.75, 3.05) is 6.54 Å². The van der Waals surface area contributed by atoms with E-state index in [4.69, 9.17) is 33.7 Å². The van der Waals surface area contributed by atoms with Crippen molar-refractivity contribution in [3.63, 3.8) is 0 Å². The van der Waals surface area contributed by atoms with Crippen LogP contribution in [0.2, 0.25) is 10.0 Å². The van der Waals surface area contributed by atoms with E-state index in [9.17, 15) is 0 Å². The lowest BCUT2D eigenvalue weighted by molar-refractivity contribution is 0.306. The van der Waals surface area contributed by atoms with E-state index in [1.807, 2.05) is 30.3 Å². The van der Waals surface area contributed by atoms with E-state index in [1.165, 1.54) is 0 Å². The third-order valence-corrected chi connectivity index (χ3v) is 3.17. The van der Waals surface area contributed by atoms with Crippen LogP contribution in [0.1, 0.15) is 11.1 Å². The van der Waals surface area contributed by atoms with Gasteiger partial charge in [0.25, 0.3) is 0 Å². The molecule has 0 atom stereocenters. The number of rotatable bonds is 3. The van der Waals surface area contributed by atoms with Gasteiger partial charge >= 0.3 is 0 Å². The van der Waals surface area contributed by atoms with Crippen LogP contribution >= 0.6 is 23.2 Å². The molecule has 2 aromatic rings. The number of hydrogen-bond acceptors (Lipinski definition) is 2. The fourth-order valence-corrected chi connectivity index (χ4v) is 2.08. The minimum atomic E-state index is 0.339. The maximum absolute atomic E-state index is 6.09. The van der Waals surface area contributed by atoms with Crippen LogP contribution in [-0.4, -0.2) is 6.54 Å². The van der Waals surface area contributed by atoms with E-state index in [2.05, 4.69) is 11.8 Å². The largest absolute Gasteiger partial charge is 0.489 e. The van der Waals surface area contributed by atoms with E-state index in [1.54, 1.807) is 12.1 Å². The Balaban J connectivity index is 2.07. The molecule has 0 aromatic heterocycles. The minimum Gasteiger partial charge on any atom is -0.489 e. The highest BCUT2D eigenvalue weighted by molar-refractivity contribution is 6.35. The van der Waals surface area contributed by atoms with Crippen LogP contribution in [0, 0.1) is 11.8 Å². The number of nitrogens with two attached hydrogens (primary N) is 1. The van der Waals surface area contributed by atoms with Crippen molar-refractivity contribution >= 4 is 23.2 Å². The molecule has 0 heterocycles. The highest BCUT2D eigenvalue weighted by Crippen LogP contribution is 2.23. The van der Waals surface area contributed by atoms with Crippen molar-refractivity contribution < 1.29 is 4.74 Å². The number of benzene rings is 2. The first-order chi connectivity index (χ1) is 9.69. The molecule has 102 valence electrons. The molecule has 2 aromatic carbocycles. The Bertz CT molecular complexity index is 659. The fourth-order valence-electron chi connectivity index (χ4n) is 1.62. The van der Waals surface area contributed by atoms with E-state index in [0.717, 1.165) is 16.9 Å². The second kappa shape index (κ2) is 7.21. The van der Waals surface area contributed by atoms with Gasteiger partial charge in [0.15, 0.2) is 0 Å². The van der Waals surface area contributed by atoms with Crippen molar-refractivity contribution in [2.24, 2.45) is 5.73 Å². The Hall–Kier alpha value is -1.66. The fraction of sp³-hybridized carbons (Fsp3) is 0.125. The van der Waals surface area contributed by atoms with Gasteiger partial charge in [0.2, 0.25) is 0 Å². The van der Waals surface area contributed by atoms with Gasteiger partial charge in [-0.05, 0) is 30.3 Å². The van der Waals surface area contributed by atoms with Crippen LogP contribution in [-0.2, 0) is 6.61 Å². The van der Waals surface area contributed by atoms with Gasteiger partial charge in [0.05, 0.1) is 6.54 Å². The molecule has 0 spiro atoms. The van der Waals surface area contributed by atoms with Crippen LogP contribution in [0.4, 0.5) is 0 Å². The highest BCUT2D eigenvalue weighted by atomic mass is 35.5. The SMILES string of the molecule is NCC#Cc1cccc(OCc2ccc(Cl)cc2Cl)c1. The average Bonchev–Trinajstić information content (AvgIpc) is 2.45. The van der Waals surface area contributed by atoms with Gasteiger partial charge in [0, 0.05) is 21.2 Å². The van der Waals surface area contributed by atoms with Crippen molar-refractivity contribution in [3.8, 4) is 17.6 Å². The summed E-state index contributed by atoms with van der Waals surface area (Å²) in [6, 6.07) is 12.9. The molecule has 0 unspecified atom stereocenters. The Kier molecular flexibility index (Phi) is 5.31. The zero-order chi connectivity index (χ0) is 14.4. The lowest BCUT2D eigenvalue weighted by atomic mass is 10.2. The summed E-state index contributed by atoms with van der Waals surface area (Å²) >= 11 is 11.9. The first kappa shape index (κ1) is 14.7. The quantitative estimate of drug-likeness (QED) is 0.873. The van der Waals surface area contributed by atoms with Crippen molar-refractivity contribution in [1.29, 1.82) is 0 Å². The number of ether oxygens (including phenoxy) is 1. The van der Waals surface area contributed by atoms with Crippen molar-refractivity contribution in [3.05, 3.63) is 63.6 Å². The molecule has 4 heteroatoms. The minimum absolute atomic E-state index is 0.339. The first-order valence-electron chi connectivity index (χ1n) is 6.05. The predicted octanol–water partition coefficient (Wildman–Crippen LogP) is 3.88. The molecule has 0 aliphatic carbocycles. The molecule has 0 radical (unpaired) electrons. The maximum atomic E-state index is 6.09. The van der Waals surface area contributed by atoms with Gasteiger partial charge < -0.3 is 10.5 Å². The average molecular weight is 306 g/mol. The summed E-state index contributed by atoms with van der Waals surface area (Å²) in [7, 11) is 0. The molecule has 0 bridgehead atoms. The molecule has 0 fully saturated rings. The zero-order valence-corrected chi connectivity index (χ0v) is 12.2. The van der Waals surface area contributed by atoms with Gasteiger partial charge in [-0.25, -0.2) is 0 Å². The molecule has 0 aliphatic rings. The Labute approximate surface area is 128 Å². The smallest absolute Gasteiger partial charge is 0.121 e. The maximum Gasteiger partial charge on any atom is 0.121 e. The van der Waals surface area contributed by atoms with E-state index in [0.29, 0.717) is 23.2 Å². The van der Waals surface area contributed by atoms with Crippen LogP contribution in [0.3, 0.4) is 0 Å². The highest BCUT2D eigenvalue weighted by Gasteiger charge is 2.02. The van der Waals surface area contributed by atoms with Gasteiger partial charge in [0.1, 0.15) is 12.4 Å². The lowest BCUT2D eigenvalue weighted by Crippen LogP contribution is -1.96. The summed E-state index contributed by atoms with van der Waals surface area (Å²) < 4.78 is 5.71. The predicted molar refractivity (Wildman–Crippen MR) is 83.2 cm³/mol. The molecule has 2 rings (SSSR count). The Morgan fingerprint density at radius 2 is 1.95 bits per heavy atom. The number of halogens is 2. The lowest BCUT2D eigenvalue weighted by Gasteiger charge is -2.08. The van der Waals surface area contributed by atoms with Gasteiger partial charge in [-0.1, -0.05) is 47.2 Å². The summed E-state index contributed by atoms with van der Waals surface area (Å²) in [6.07, 6.45) is 0. The van der Waals surface area contributed by atoms with Crippen LogP contribution in [0.25, 0.3) is 0 Å². The molecule has 0 saturated heterocycles. The summed E-state index contributed by atoms with van der Waals surface area (Å²) in [6.45, 7) is 0.718. The second-order valence-electron chi connectivity index (χ2n) is 4.06. The molecule has 2 nitrogen and oxygen atoms in total. The van der Waals surface area contributed by atoms with Gasteiger partial charge in [-0.2, -0.15) is 0 Å². The van der Waals surface area contributed by atoms with Crippen molar-refractivity contribution in [2.45, 2.75) is 6.61 Å². The van der Waals surface area contributed by atoms with Crippen LogP contribution in [0.5, 0.6) is 5.75 Å². The van der Waals surface area contributed by atoms with Crippen LogP contribution < -0.4 is 10.5 Å². The monoisotopic (exact) mass is 305 g/mol. The summed E-state index contributed by atoms with van der Waals surface area (Å²) in [5, 5.41) is 1.20. The van der Waals surface area contributed by atoms with Gasteiger partial charge in [-0.3, -0.25) is 0 Å². The molecule has 2 N–H and O–H groups in total. The van der Waals surface area contributed by atoms with E-state index < -0.39 is 0 Å². The summed E-state index contributed by atoms with van der Waals surface area (Å²) in [5.74, 6) is 6.51. The molecule has 0 amide bonds. The summed E-state index contributed by atoms with van der Waals surface area (Å²) in [5.41, 5.74) is 7.10. The molecule has 0 aliphatic heterocycles. The summed E-state index contributed by atoms with van der Waals surface area (Å²) in [4.78, 5) is 0. The zero-order valence-electron chi connectivity index (χ0n) is 10.7. The number of hydrogen-bond donors (Lipinski definition) is 1. The Morgan fingerprint density at radius 3 is 2.70 bits per heavy atom. The normalized spacial score (nSPS) is 9.75. The molecule has 0 saturated carbocycles. The standard InChI is InChI=1S/C16H13Cl2NO/c17-14-7-6-13(16(18)10-14)11-20-15-5-1-3-12(9-15)4-2-8-19/h1,3,5-7,9-10H,8,11,19H2. The van der Waals surface area contributed by atoms with E-state index in [-0.39, 0.29) is 0 Å². The molecular formula is C16H13Cl2NO. The van der Waals surface area contributed by atoms with E-state index >= 15 is 0 Å². The Morgan fingerprint density at radius 1 is 1.10 bits per heavy atom. The molecule has 20 heavy (non-hydrogen) atoms. The third kappa shape index (κ3) is 4.18. The second-order valence-corrected chi connectivity index (χ2v) is 4.90. The third-order valence-electron chi connectivity index (χ3n) is 2.58. The first-order valence-corrected chi connectivity index (χ1v) is 6.80. The van der Waals surface area contributed by atoms with Crippen molar-refractivity contribution in [1.82, 2.24) is 0 Å². The topological polar surface area (TPSA) is 35.2 Å². The van der Waals surface area contributed by atoms with Gasteiger partial charge in [-0.15, -0.1) is 0 Å².